The minimum absolute atomic E-state index is 0.277. The van der Waals surface area contributed by atoms with Crippen molar-refractivity contribution in [3.05, 3.63) is 18.0 Å². The first kappa shape index (κ1) is 13.6. The number of nitrogens with one attached hydrogen (secondary N) is 1. The third kappa shape index (κ3) is 2.87. The monoisotopic (exact) mass is 276 g/mol. The molecule has 5 nitrogen and oxygen atoms in total. The predicted molar refractivity (Wildman–Crippen MR) is 77.3 cm³/mol. The van der Waals surface area contributed by atoms with Crippen LogP contribution in [0.4, 0.5) is 0 Å². The molecule has 0 aromatic carbocycles. The fraction of sp³-hybridized carbons (Fsp3) is 0.733. The van der Waals surface area contributed by atoms with Crippen molar-refractivity contribution < 1.29 is 4.79 Å². The first-order valence-corrected chi connectivity index (χ1v) is 7.65. The molecule has 3 heterocycles. The SMILES string of the molecule is Cc1cnn(CCC(=O)N2CCC3(CCNC3)CC2)c1. The lowest BCUT2D eigenvalue weighted by molar-refractivity contribution is -0.133. The molecule has 1 N–H and O–H groups in total. The highest BCUT2D eigenvalue weighted by molar-refractivity contribution is 5.76. The number of aryl methyl sites for hydroxylation is 2. The van der Waals surface area contributed by atoms with E-state index in [-0.39, 0.29) is 5.91 Å². The highest BCUT2D eigenvalue weighted by Crippen LogP contribution is 2.36. The summed E-state index contributed by atoms with van der Waals surface area (Å²) in [6, 6.07) is 0. The van der Waals surface area contributed by atoms with E-state index in [2.05, 4.69) is 10.4 Å². The molecular formula is C15H24N4O. The van der Waals surface area contributed by atoms with Crippen LogP contribution in [0.3, 0.4) is 0 Å². The molecule has 0 atom stereocenters. The number of likely N-dealkylation sites (tertiary alicyclic amines) is 1. The van der Waals surface area contributed by atoms with Gasteiger partial charge < -0.3 is 10.2 Å². The van der Waals surface area contributed by atoms with Crippen molar-refractivity contribution in [2.24, 2.45) is 5.41 Å². The summed E-state index contributed by atoms with van der Waals surface area (Å²) in [5.41, 5.74) is 1.63. The Morgan fingerprint density at radius 3 is 2.80 bits per heavy atom. The zero-order chi connectivity index (χ0) is 14.0. The molecule has 2 fully saturated rings. The number of nitrogens with zero attached hydrogens (tertiary/aromatic N) is 3. The Morgan fingerprint density at radius 2 is 2.20 bits per heavy atom. The van der Waals surface area contributed by atoms with Crippen LogP contribution in [0.1, 0.15) is 31.2 Å². The summed E-state index contributed by atoms with van der Waals surface area (Å²) in [6.45, 7) is 6.85. The molecule has 1 amide bonds. The smallest absolute Gasteiger partial charge is 0.224 e. The minimum atomic E-state index is 0.277. The van der Waals surface area contributed by atoms with Crippen LogP contribution in [0, 0.1) is 12.3 Å². The standard InChI is InChI=1S/C15H24N4O/c1-13-10-17-19(11-13)7-2-14(20)18-8-4-15(5-9-18)3-6-16-12-15/h10-11,16H,2-9,12H2,1H3. The van der Waals surface area contributed by atoms with Crippen molar-refractivity contribution in [2.75, 3.05) is 26.2 Å². The number of amides is 1. The van der Waals surface area contributed by atoms with E-state index < -0.39 is 0 Å². The summed E-state index contributed by atoms with van der Waals surface area (Å²) >= 11 is 0. The Labute approximate surface area is 120 Å². The van der Waals surface area contributed by atoms with Gasteiger partial charge in [0.25, 0.3) is 0 Å². The molecule has 2 aliphatic heterocycles. The molecule has 5 heteroatoms. The van der Waals surface area contributed by atoms with Crippen molar-refractivity contribution in [1.82, 2.24) is 20.0 Å². The number of hydrogen-bond donors (Lipinski definition) is 1. The van der Waals surface area contributed by atoms with Crippen LogP contribution in [-0.4, -0.2) is 46.8 Å². The molecule has 2 saturated heterocycles. The summed E-state index contributed by atoms with van der Waals surface area (Å²) in [5, 5.41) is 7.69. The molecule has 0 saturated carbocycles. The van der Waals surface area contributed by atoms with Crippen LogP contribution >= 0.6 is 0 Å². The van der Waals surface area contributed by atoms with Gasteiger partial charge in [-0.3, -0.25) is 9.48 Å². The number of carbonyl (C=O) groups excluding carboxylic acids is 1. The molecule has 0 bridgehead atoms. The van der Waals surface area contributed by atoms with E-state index in [0.717, 1.165) is 44.6 Å². The summed E-state index contributed by atoms with van der Waals surface area (Å²) in [4.78, 5) is 14.3. The van der Waals surface area contributed by atoms with E-state index in [0.29, 0.717) is 18.4 Å². The van der Waals surface area contributed by atoms with Gasteiger partial charge in [0.2, 0.25) is 5.91 Å². The Hall–Kier alpha value is -1.36. The normalized spacial score (nSPS) is 21.6. The highest BCUT2D eigenvalue weighted by Gasteiger charge is 2.37. The second-order valence-corrected chi connectivity index (χ2v) is 6.34. The van der Waals surface area contributed by atoms with E-state index in [1.807, 2.05) is 28.9 Å². The third-order valence-electron chi connectivity index (χ3n) is 4.83. The topological polar surface area (TPSA) is 50.2 Å². The number of piperidine rings is 1. The Bertz CT molecular complexity index is 466. The van der Waals surface area contributed by atoms with Crippen LogP contribution in [0.5, 0.6) is 0 Å². The Kier molecular flexibility index (Phi) is 3.78. The molecule has 3 rings (SSSR count). The Morgan fingerprint density at radius 1 is 1.40 bits per heavy atom. The summed E-state index contributed by atoms with van der Waals surface area (Å²) in [6.07, 6.45) is 7.98. The number of aromatic nitrogens is 2. The molecule has 110 valence electrons. The van der Waals surface area contributed by atoms with Gasteiger partial charge >= 0.3 is 0 Å². The van der Waals surface area contributed by atoms with Gasteiger partial charge in [-0.1, -0.05) is 0 Å². The van der Waals surface area contributed by atoms with E-state index in [1.54, 1.807) is 0 Å². The van der Waals surface area contributed by atoms with E-state index in [9.17, 15) is 4.79 Å². The highest BCUT2D eigenvalue weighted by atomic mass is 16.2. The molecule has 0 aliphatic carbocycles. The van der Waals surface area contributed by atoms with E-state index >= 15 is 0 Å². The molecule has 2 aliphatic rings. The molecule has 1 aromatic rings. The van der Waals surface area contributed by atoms with Crippen molar-refractivity contribution in [2.45, 2.75) is 39.2 Å². The van der Waals surface area contributed by atoms with Crippen LogP contribution in [-0.2, 0) is 11.3 Å². The molecule has 0 radical (unpaired) electrons. The second-order valence-electron chi connectivity index (χ2n) is 6.34. The maximum absolute atomic E-state index is 12.3. The lowest BCUT2D eigenvalue weighted by atomic mass is 9.78. The maximum atomic E-state index is 12.3. The molecule has 1 aromatic heterocycles. The van der Waals surface area contributed by atoms with E-state index in [1.165, 1.54) is 6.42 Å². The molecule has 20 heavy (non-hydrogen) atoms. The fourth-order valence-electron chi connectivity index (χ4n) is 3.41. The van der Waals surface area contributed by atoms with Crippen LogP contribution < -0.4 is 5.32 Å². The van der Waals surface area contributed by atoms with Crippen LogP contribution in [0.25, 0.3) is 0 Å². The number of rotatable bonds is 3. The average Bonchev–Trinajstić information content (AvgIpc) is 3.07. The number of hydrogen-bond acceptors (Lipinski definition) is 3. The van der Waals surface area contributed by atoms with Gasteiger partial charge in [0.05, 0.1) is 6.20 Å². The lowest BCUT2D eigenvalue weighted by Crippen LogP contribution is -2.44. The van der Waals surface area contributed by atoms with Gasteiger partial charge in [-0.15, -0.1) is 0 Å². The summed E-state index contributed by atoms with van der Waals surface area (Å²) in [7, 11) is 0. The average molecular weight is 276 g/mol. The Balaban J connectivity index is 1.46. The predicted octanol–water partition coefficient (Wildman–Crippen LogP) is 1.18. The van der Waals surface area contributed by atoms with Crippen molar-refractivity contribution in [1.29, 1.82) is 0 Å². The van der Waals surface area contributed by atoms with Gasteiger partial charge in [0.15, 0.2) is 0 Å². The van der Waals surface area contributed by atoms with Crippen LogP contribution in [0.2, 0.25) is 0 Å². The van der Waals surface area contributed by atoms with Crippen LogP contribution in [0.15, 0.2) is 12.4 Å². The zero-order valence-electron chi connectivity index (χ0n) is 12.3. The maximum Gasteiger partial charge on any atom is 0.224 e. The quantitative estimate of drug-likeness (QED) is 0.902. The van der Waals surface area contributed by atoms with Crippen molar-refractivity contribution in [3.8, 4) is 0 Å². The van der Waals surface area contributed by atoms with Gasteiger partial charge in [0, 0.05) is 38.8 Å². The molecule has 0 unspecified atom stereocenters. The van der Waals surface area contributed by atoms with Crippen molar-refractivity contribution in [3.63, 3.8) is 0 Å². The van der Waals surface area contributed by atoms with Crippen molar-refractivity contribution >= 4 is 5.91 Å². The molecular weight excluding hydrogens is 252 g/mol. The van der Waals surface area contributed by atoms with Gasteiger partial charge in [-0.05, 0) is 43.7 Å². The first-order valence-electron chi connectivity index (χ1n) is 7.65. The fourth-order valence-corrected chi connectivity index (χ4v) is 3.41. The van der Waals surface area contributed by atoms with Gasteiger partial charge in [0.1, 0.15) is 0 Å². The second kappa shape index (κ2) is 5.56. The largest absolute Gasteiger partial charge is 0.343 e. The number of carbonyl (C=O) groups is 1. The summed E-state index contributed by atoms with van der Waals surface area (Å²) < 4.78 is 1.86. The van der Waals surface area contributed by atoms with E-state index in [4.69, 9.17) is 0 Å². The first-order chi connectivity index (χ1) is 9.67. The minimum Gasteiger partial charge on any atom is -0.343 e. The van der Waals surface area contributed by atoms with Gasteiger partial charge in [-0.25, -0.2) is 0 Å². The summed E-state index contributed by atoms with van der Waals surface area (Å²) in [5.74, 6) is 0.277. The zero-order valence-corrected chi connectivity index (χ0v) is 12.3. The lowest BCUT2D eigenvalue weighted by Gasteiger charge is -2.39. The van der Waals surface area contributed by atoms with Gasteiger partial charge in [-0.2, -0.15) is 5.10 Å². The third-order valence-corrected chi connectivity index (χ3v) is 4.83. The molecule has 1 spiro atoms.